The highest BCUT2D eigenvalue weighted by atomic mass is 127. The van der Waals surface area contributed by atoms with Crippen LogP contribution in [0.2, 0.25) is 0 Å². The summed E-state index contributed by atoms with van der Waals surface area (Å²) in [6.07, 6.45) is 0.578. The number of ether oxygens (including phenoxy) is 1. The van der Waals surface area contributed by atoms with E-state index in [1.807, 2.05) is 94.6 Å². The van der Waals surface area contributed by atoms with Gasteiger partial charge in [-0.1, -0.05) is 43.8 Å². The number of phenolic OH excluding ortho intramolecular Hbond substituents is 1. The van der Waals surface area contributed by atoms with E-state index in [-0.39, 0.29) is 11.5 Å². The molecule has 0 atom stereocenters. The van der Waals surface area contributed by atoms with Gasteiger partial charge in [-0.2, -0.15) is 0 Å². The van der Waals surface area contributed by atoms with Crippen molar-refractivity contribution in [2.75, 3.05) is 0 Å². The van der Waals surface area contributed by atoms with Gasteiger partial charge in [0, 0.05) is 29.0 Å². The molecule has 1 aromatic heterocycles. The van der Waals surface area contributed by atoms with Gasteiger partial charge in [-0.25, -0.2) is 0 Å². The van der Waals surface area contributed by atoms with Gasteiger partial charge in [0.2, 0.25) is 0 Å². The SMILES string of the molecule is C=C(Oc1ccc2c(C(=O)c3cc(I)c(O)c(I)c3)c(CC)oc2c1)c1ccccc1. The predicted octanol–water partition coefficient (Wildman–Crippen LogP) is 7.19. The van der Waals surface area contributed by atoms with E-state index in [4.69, 9.17) is 9.15 Å². The van der Waals surface area contributed by atoms with Crippen molar-refractivity contribution in [2.24, 2.45) is 0 Å². The average molecular weight is 636 g/mol. The van der Waals surface area contributed by atoms with Crippen molar-refractivity contribution in [3.8, 4) is 11.5 Å². The minimum absolute atomic E-state index is 0.131. The number of ketones is 1. The first-order chi connectivity index (χ1) is 14.9. The van der Waals surface area contributed by atoms with Crippen molar-refractivity contribution in [1.82, 2.24) is 0 Å². The Bertz CT molecular complexity index is 1280. The summed E-state index contributed by atoms with van der Waals surface area (Å²) in [5.74, 6) is 1.80. The Morgan fingerprint density at radius 3 is 2.35 bits per heavy atom. The molecular weight excluding hydrogens is 618 g/mol. The van der Waals surface area contributed by atoms with Crippen molar-refractivity contribution < 1.29 is 19.1 Å². The lowest BCUT2D eigenvalue weighted by atomic mass is 9.99. The van der Waals surface area contributed by atoms with Crippen LogP contribution in [0.1, 0.15) is 34.2 Å². The highest BCUT2D eigenvalue weighted by Gasteiger charge is 2.23. The molecule has 0 aliphatic rings. The van der Waals surface area contributed by atoms with Crippen LogP contribution in [0.15, 0.2) is 71.7 Å². The molecule has 0 aliphatic carbocycles. The Morgan fingerprint density at radius 1 is 1.03 bits per heavy atom. The standard InChI is InChI=1S/C25H18I2O4/c1-3-21-23(24(28)16-11-19(26)25(29)20(27)12-16)18-10-9-17(13-22(18)31-21)30-14(2)15-7-5-4-6-8-15/h4-13,29H,2-3H2,1H3. The highest BCUT2D eigenvalue weighted by Crippen LogP contribution is 2.34. The lowest BCUT2D eigenvalue weighted by Gasteiger charge is -2.09. The van der Waals surface area contributed by atoms with Crippen LogP contribution in [0.4, 0.5) is 0 Å². The summed E-state index contributed by atoms with van der Waals surface area (Å²) in [5.41, 5.74) is 2.54. The second-order valence-corrected chi connectivity index (χ2v) is 9.25. The fourth-order valence-corrected chi connectivity index (χ4v) is 5.12. The van der Waals surface area contributed by atoms with Crippen LogP contribution in [-0.4, -0.2) is 10.9 Å². The largest absolute Gasteiger partial charge is 0.506 e. The molecule has 31 heavy (non-hydrogen) atoms. The maximum atomic E-state index is 13.4. The van der Waals surface area contributed by atoms with Crippen molar-refractivity contribution in [1.29, 1.82) is 0 Å². The molecule has 0 fully saturated rings. The first kappa shape index (κ1) is 21.9. The molecule has 6 heteroatoms. The van der Waals surface area contributed by atoms with Gasteiger partial charge in [0.15, 0.2) is 5.78 Å². The van der Waals surface area contributed by atoms with Crippen LogP contribution in [0.25, 0.3) is 16.7 Å². The molecule has 4 rings (SSSR count). The number of rotatable bonds is 6. The van der Waals surface area contributed by atoms with Gasteiger partial charge in [0.1, 0.15) is 28.6 Å². The van der Waals surface area contributed by atoms with Crippen molar-refractivity contribution >= 4 is 67.7 Å². The summed E-state index contributed by atoms with van der Waals surface area (Å²) < 4.78 is 13.2. The van der Waals surface area contributed by atoms with Crippen molar-refractivity contribution in [2.45, 2.75) is 13.3 Å². The third-order valence-electron chi connectivity index (χ3n) is 4.90. The molecule has 0 aliphatic heterocycles. The smallest absolute Gasteiger partial charge is 0.197 e. The third kappa shape index (κ3) is 4.36. The van der Waals surface area contributed by atoms with E-state index >= 15 is 0 Å². The molecular formula is C25H18I2O4. The zero-order valence-corrected chi connectivity index (χ0v) is 20.9. The van der Waals surface area contributed by atoms with Gasteiger partial charge in [0.05, 0.1) is 12.7 Å². The van der Waals surface area contributed by atoms with Crippen LogP contribution < -0.4 is 4.74 Å². The number of benzene rings is 3. The second kappa shape index (κ2) is 9.04. The molecule has 0 radical (unpaired) electrons. The lowest BCUT2D eigenvalue weighted by Crippen LogP contribution is -2.04. The fraction of sp³-hybridized carbons (Fsp3) is 0.0800. The topological polar surface area (TPSA) is 59.7 Å². The Morgan fingerprint density at radius 2 is 1.71 bits per heavy atom. The monoisotopic (exact) mass is 636 g/mol. The molecule has 0 unspecified atom stereocenters. The molecule has 0 spiro atoms. The van der Waals surface area contributed by atoms with Crippen LogP contribution in [-0.2, 0) is 6.42 Å². The third-order valence-corrected chi connectivity index (χ3v) is 6.54. The normalized spacial score (nSPS) is 10.9. The van der Waals surface area contributed by atoms with E-state index in [0.29, 0.717) is 47.5 Å². The van der Waals surface area contributed by atoms with Crippen LogP contribution >= 0.6 is 45.2 Å². The predicted molar refractivity (Wildman–Crippen MR) is 139 cm³/mol. The summed E-state index contributed by atoms with van der Waals surface area (Å²) in [5, 5.41) is 10.8. The fourth-order valence-electron chi connectivity index (χ4n) is 3.36. The molecule has 1 N–H and O–H groups in total. The Hall–Kier alpha value is -2.33. The number of hydrogen-bond acceptors (Lipinski definition) is 4. The molecule has 3 aromatic carbocycles. The zero-order chi connectivity index (χ0) is 22.1. The lowest BCUT2D eigenvalue weighted by molar-refractivity contribution is 0.103. The second-order valence-electron chi connectivity index (χ2n) is 6.92. The van der Waals surface area contributed by atoms with E-state index < -0.39 is 0 Å². The van der Waals surface area contributed by atoms with Gasteiger partial charge in [-0.15, -0.1) is 0 Å². The van der Waals surface area contributed by atoms with E-state index in [0.717, 1.165) is 10.9 Å². The Kier molecular flexibility index (Phi) is 6.38. The first-order valence-electron chi connectivity index (χ1n) is 9.59. The number of furan rings is 1. The molecule has 1 heterocycles. The van der Waals surface area contributed by atoms with E-state index in [1.54, 1.807) is 18.2 Å². The molecule has 0 saturated carbocycles. The minimum atomic E-state index is -0.131. The first-order valence-corrected chi connectivity index (χ1v) is 11.7. The van der Waals surface area contributed by atoms with E-state index in [2.05, 4.69) is 6.58 Å². The summed E-state index contributed by atoms with van der Waals surface area (Å²) in [6.45, 7) is 5.95. The van der Waals surface area contributed by atoms with Gasteiger partial charge < -0.3 is 14.3 Å². The van der Waals surface area contributed by atoms with Crippen LogP contribution in [0.5, 0.6) is 11.5 Å². The van der Waals surface area contributed by atoms with Crippen molar-refractivity contribution in [3.63, 3.8) is 0 Å². The maximum Gasteiger partial charge on any atom is 0.197 e. The summed E-state index contributed by atoms with van der Waals surface area (Å²) in [6, 6.07) is 18.5. The van der Waals surface area contributed by atoms with Crippen LogP contribution in [0, 0.1) is 7.14 Å². The Balaban J connectivity index is 1.72. The Labute approximate surface area is 207 Å². The molecule has 0 saturated heterocycles. The number of phenols is 1. The van der Waals surface area contributed by atoms with E-state index in [1.165, 1.54) is 0 Å². The number of fused-ring (bicyclic) bond motifs is 1. The maximum absolute atomic E-state index is 13.4. The number of aromatic hydroxyl groups is 1. The minimum Gasteiger partial charge on any atom is -0.506 e. The van der Waals surface area contributed by atoms with Crippen LogP contribution in [0.3, 0.4) is 0 Å². The quantitative estimate of drug-likeness (QED) is 0.138. The summed E-state index contributed by atoms with van der Waals surface area (Å²) in [4.78, 5) is 13.4. The molecule has 156 valence electrons. The number of carbonyl (C=O) groups is 1. The number of halogens is 2. The number of hydrogen-bond donors (Lipinski definition) is 1. The molecule has 4 aromatic rings. The number of carbonyl (C=O) groups excluding carboxylic acids is 1. The average Bonchev–Trinajstić information content (AvgIpc) is 3.15. The highest BCUT2D eigenvalue weighted by molar-refractivity contribution is 14.1. The van der Waals surface area contributed by atoms with Crippen molar-refractivity contribution in [3.05, 3.63) is 96.8 Å². The summed E-state index contributed by atoms with van der Waals surface area (Å²) in [7, 11) is 0. The molecule has 4 nitrogen and oxygen atoms in total. The summed E-state index contributed by atoms with van der Waals surface area (Å²) >= 11 is 4.06. The number of aryl methyl sites for hydroxylation is 1. The molecule has 0 amide bonds. The van der Waals surface area contributed by atoms with Gasteiger partial charge in [0.25, 0.3) is 0 Å². The van der Waals surface area contributed by atoms with Gasteiger partial charge in [-0.3, -0.25) is 4.79 Å². The van der Waals surface area contributed by atoms with Gasteiger partial charge >= 0.3 is 0 Å². The van der Waals surface area contributed by atoms with E-state index in [9.17, 15) is 9.90 Å². The molecule has 0 bridgehead atoms. The van der Waals surface area contributed by atoms with Gasteiger partial charge in [-0.05, 0) is 69.4 Å². The zero-order valence-electron chi connectivity index (χ0n) is 16.6.